The molecule has 0 radical (unpaired) electrons. The van der Waals surface area contributed by atoms with Crippen LogP contribution < -0.4 is 16.0 Å². The fourth-order valence-electron chi connectivity index (χ4n) is 2.33. The van der Waals surface area contributed by atoms with Gasteiger partial charge in [-0.05, 0) is 26.2 Å². The number of nitrogens with zero attached hydrogens (tertiary/aromatic N) is 3. The van der Waals surface area contributed by atoms with E-state index < -0.39 is 0 Å². The van der Waals surface area contributed by atoms with Crippen LogP contribution in [0, 0.1) is 6.92 Å². The van der Waals surface area contributed by atoms with Gasteiger partial charge in [-0.3, -0.25) is 0 Å². The quantitative estimate of drug-likeness (QED) is 0.795. The number of aryl methyl sites for hydroxylation is 1. The zero-order valence-electron chi connectivity index (χ0n) is 12.0. The maximum absolute atomic E-state index is 5.94. The second-order valence-corrected chi connectivity index (χ2v) is 5.26. The number of hydrogen-bond donors (Lipinski definition) is 2. The summed E-state index contributed by atoms with van der Waals surface area (Å²) in [5.74, 6) is 2.79. The van der Waals surface area contributed by atoms with Gasteiger partial charge in [0.25, 0.3) is 0 Å². The monoisotopic (exact) mass is 263 g/mol. The lowest BCUT2D eigenvalue weighted by Crippen LogP contribution is -2.40. The minimum Gasteiger partial charge on any atom is -0.370 e. The van der Waals surface area contributed by atoms with Crippen LogP contribution in [0.1, 0.15) is 38.4 Å². The molecule has 5 heteroatoms. The summed E-state index contributed by atoms with van der Waals surface area (Å²) < 4.78 is 0. The van der Waals surface area contributed by atoms with E-state index in [2.05, 4.69) is 33.2 Å². The number of anilines is 2. The Morgan fingerprint density at radius 3 is 2.79 bits per heavy atom. The average Bonchev–Trinajstić information content (AvgIpc) is 2.39. The van der Waals surface area contributed by atoms with Crippen LogP contribution in [0.5, 0.6) is 0 Å². The molecule has 1 aromatic heterocycles. The van der Waals surface area contributed by atoms with Crippen molar-refractivity contribution in [1.82, 2.24) is 9.97 Å². The van der Waals surface area contributed by atoms with Gasteiger partial charge in [0.1, 0.15) is 17.5 Å². The molecule has 1 saturated heterocycles. The van der Waals surface area contributed by atoms with Crippen molar-refractivity contribution in [1.29, 1.82) is 0 Å². The highest BCUT2D eigenvalue weighted by Crippen LogP contribution is 2.20. The Hall–Kier alpha value is -1.36. The van der Waals surface area contributed by atoms with E-state index in [1.165, 1.54) is 6.42 Å². The van der Waals surface area contributed by atoms with E-state index in [-0.39, 0.29) is 0 Å². The SMILES string of the molecule is CCCCNc1cc(N2CCC(N)CC2)nc(C)n1. The van der Waals surface area contributed by atoms with Crippen LogP contribution in [0.2, 0.25) is 0 Å². The summed E-state index contributed by atoms with van der Waals surface area (Å²) in [4.78, 5) is 11.3. The molecule has 0 aliphatic carbocycles. The van der Waals surface area contributed by atoms with Gasteiger partial charge in [-0.15, -0.1) is 0 Å². The van der Waals surface area contributed by atoms with E-state index in [0.717, 1.165) is 56.4 Å². The fraction of sp³-hybridized carbons (Fsp3) is 0.714. The minimum atomic E-state index is 0.348. The van der Waals surface area contributed by atoms with Gasteiger partial charge in [0.05, 0.1) is 0 Å². The van der Waals surface area contributed by atoms with Gasteiger partial charge in [-0.2, -0.15) is 0 Å². The molecule has 106 valence electrons. The molecule has 1 aliphatic heterocycles. The van der Waals surface area contributed by atoms with Gasteiger partial charge in [-0.25, -0.2) is 9.97 Å². The van der Waals surface area contributed by atoms with Crippen LogP contribution in [0.3, 0.4) is 0 Å². The molecule has 5 nitrogen and oxygen atoms in total. The summed E-state index contributed by atoms with van der Waals surface area (Å²) in [5.41, 5.74) is 5.94. The standard InChI is InChI=1S/C14H25N5/c1-3-4-7-16-13-10-14(18-11(2)17-13)19-8-5-12(15)6-9-19/h10,12H,3-9,15H2,1-2H3,(H,16,17,18). The van der Waals surface area contributed by atoms with Gasteiger partial charge in [0.15, 0.2) is 0 Å². The van der Waals surface area contributed by atoms with Gasteiger partial charge in [-0.1, -0.05) is 13.3 Å². The van der Waals surface area contributed by atoms with Crippen LogP contribution in [0.25, 0.3) is 0 Å². The molecule has 0 amide bonds. The Morgan fingerprint density at radius 1 is 1.37 bits per heavy atom. The topological polar surface area (TPSA) is 67.1 Å². The maximum atomic E-state index is 5.94. The molecule has 1 aliphatic rings. The molecule has 2 heterocycles. The van der Waals surface area contributed by atoms with Crippen molar-refractivity contribution in [2.75, 3.05) is 29.9 Å². The van der Waals surface area contributed by atoms with Crippen molar-refractivity contribution in [3.8, 4) is 0 Å². The van der Waals surface area contributed by atoms with E-state index in [4.69, 9.17) is 5.73 Å². The highest BCUT2D eigenvalue weighted by Gasteiger charge is 2.18. The number of aromatic nitrogens is 2. The first kappa shape index (κ1) is 14.1. The molecule has 0 atom stereocenters. The molecule has 0 unspecified atom stereocenters. The van der Waals surface area contributed by atoms with Crippen molar-refractivity contribution in [3.63, 3.8) is 0 Å². The largest absolute Gasteiger partial charge is 0.370 e. The summed E-state index contributed by atoms with van der Waals surface area (Å²) in [6.45, 7) is 7.09. The Balaban J connectivity index is 2.03. The second-order valence-electron chi connectivity index (χ2n) is 5.26. The summed E-state index contributed by atoms with van der Waals surface area (Å²) in [5, 5.41) is 3.37. The summed E-state index contributed by atoms with van der Waals surface area (Å²) >= 11 is 0. The summed E-state index contributed by atoms with van der Waals surface area (Å²) in [6.07, 6.45) is 4.44. The fourth-order valence-corrected chi connectivity index (χ4v) is 2.33. The predicted octanol–water partition coefficient (Wildman–Crippen LogP) is 1.92. The molecule has 1 fully saturated rings. The number of rotatable bonds is 5. The van der Waals surface area contributed by atoms with Crippen molar-refractivity contribution in [2.45, 2.75) is 45.6 Å². The predicted molar refractivity (Wildman–Crippen MR) is 79.6 cm³/mol. The van der Waals surface area contributed by atoms with Crippen LogP contribution in [0.15, 0.2) is 6.07 Å². The van der Waals surface area contributed by atoms with Gasteiger partial charge < -0.3 is 16.0 Å². The first-order chi connectivity index (χ1) is 9.19. The molecule has 3 N–H and O–H groups in total. The minimum absolute atomic E-state index is 0.348. The van der Waals surface area contributed by atoms with Crippen LogP contribution in [-0.2, 0) is 0 Å². The molecule has 0 aromatic carbocycles. The van der Waals surface area contributed by atoms with Crippen LogP contribution in [-0.4, -0.2) is 35.6 Å². The lowest BCUT2D eigenvalue weighted by molar-refractivity contribution is 0.498. The van der Waals surface area contributed by atoms with Crippen molar-refractivity contribution < 1.29 is 0 Å². The molecule has 0 spiro atoms. The lowest BCUT2D eigenvalue weighted by Gasteiger charge is -2.31. The van der Waals surface area contributed by atoms with E-state index >= 15 is 0 Å². The van der Waals surface area contributed by atoms with E-state index in [9.17, 15) is 0 Å². The zero-order chi connectivity index (χ0) is 13.7. The highest BCUT2D eigenvalue weighted by molar-refractivity contribution is 5.49. The number of nitrogens with two attached hydrogens (primary N) is 1. The Bertz CT molecular complexity index is 399. The van der Waals surface area contributed by atoms with Crippen LogP contribution >= 0.6 is 0 Å². The lowest BCUT2D eigenvalue weighted by atomic mass is 10.1. The third kappa shape index (κ3) is 4.06. The summed E-state index contributed by atoms with van der Waals surface area (Å²) in [7, 11) is 0. The number of unbranched alkanes of at least 4 members (excludes halogenated alkanes) is 1. The van der Waals surface area contributed by atoms with Crippen molar-refractivity contribution in [3.05, 3.63) is 11.9 Å². The first-order valence-corrected chi connectivity index (χ1v) is 7.29. The molecular formula is C14H25N5. The third-order valence-electron chi connectivity index (χ3n) is 3.52. The smallest absolute Gasteiger partial charge is 0.134 e. The Labute approximate surface area is 115 Å². The van der Waals surface area contributed by atoms with Gasteiger partial charge in [0.2, 0.25) is 0 Å². The summed E-state index contributed by atoms with van der Waals surface area (Å²) in [6, 6.07) is 2.40. The molecular weight excluding hydrogens is 238 g/mol. The van der Waals surface area contributed by atoms with Crippen molar-refractivity contribution in [2.24, 2.45) is 5.73 Å². The zero-order valence-corrected chi connectivity index (χ0v) is 12.0. The number of hydrogen-bond acceptors (Lipinski definition) is 5. The molecule has 19 heavy (non-hydrogen) atoms. The average molecular weight is 263 g/mol. The molecule has 0 bridgehead atoms. The Morgan fingerprint density at radius 2 is 2.11 bits per heavy atom. The normalized spacial score (nSPS) is 16.7. The van der Waals surface area contributed by atoms with Gasteiger partial charge >= 0.3 is 0 Å². The Kier molecular flexibility index (Phi) is 4.96. The van der Waals surface area contributed by atoms with E-state index in [1.807, 2.05) is 6.92 Å². The van der Waals surface area contributed by atoms with Gasteiger partial charge in [0, 0.05) is 31.7 Å². The molecule has 1 aromatic rings. The maximum Gasteiger partial charge on any atom is 0.134 e. The van der Waals surface area contributed by atoms with Crippen LogP contribution in [0.4, 0.5) is 11.6 Å². The molecule has 2 rings (SSSR count). The van der Waals surface area contributed by atoms with E-state index in [0.29, 0.717) is 6.04 Å². The van der Waals surface area contributed by atoms with Crippen molar-refractivity contribution >= 4 is 11.6 Å². The third-order valence-corrected chi connectivity index (χ3v) is 3.52. The highest BCUT2D eigenvalue weighted by atomic mass is 15.2. The number of nitrogens with one attached hydrogen (secondary N) is 1. The number of piperidine rings is 1. The second kappa shape index (κ2) is 6.70. The first-order valence-electron chi connectivity index (χ1n) is 7.29. The van der Waals surface area contributed by atoms with E-state index in [1.54, 1.807) is 0 Å². The molecule has 0 saturated carbocycles.